The highest BCUT2D eigenvalue weighted by Crippen LogP contribution is 2.08. The van der Waals surface area contributed by atoms with Gasteiger partial charge in [-0.3, -0.25) is 9.59 Å². The molecular weight excluding hydrogens is 316 g/mol. The molecule has 0 unspecified atom stereocenters. The van der Waals surface area contributed by atoms with Crippen molar-refractivity contribution in [3.05, 3.63) is 0 Å². The molecule has 25 heavy (non-hydrogen) atoms. The lowest BCUT2D eigenvalue weighted by Gasteiger charge is -2.01. The Morgan fingerprint density at radius 3 is 1.28 bits per heavy atom. The summed E-state index contributed by atoms with van der Waals surface area (Å²) < 4.78 is 5.44. The zero-order chi connectivity index (χ0) is 19.2. The molecule has 4 N–H and O–H groups in total. The SMILES string of the molecule is CCCCCOCCCCC.NC(=O)CCCCCCCCC(N)=O. The molecule has 0 fully saturated rings. The van der Waals surface area contributed by atoms with Gasteiger partial charge in [0.1, 0.15) is 0 Å². The van der Waals surface area contributed by atoms with Gasteiger partial charge < -0.3 is 16.2 Å². The quantitative estimate of drug-likeness (QED) is 0.376. The van der Waals surface area contributed by atoms with Crippen LogP contribution >= 0.6 is 0 Å². The van der Waals surface area contributed by atoms with Crippen molar-refractivity contribution in [3.63, 3.8) is 0 Å². The summed E-state index contributed by atoms with van der Waals surface area (Å²) in [6, 6.07) is 0. The summed E-state index contributed by atoms with van der Waals surface area (Å²) in [6.07, 6.45) is 14.7. The second kappa shape index (κ2) is 22.9. The van der Waals surface area contributed by atoms with Crippen LogP contribution in [-0.4, -0.2) is 25.0 Å². The number of rotatable bonds is 17. The molecule has 0 atom stereocenters. The lowest BCUT2D eigenvalue weighted by molar-refractivity contribution is -0.119. The third-order valence-electron chi connectivity index (χ3n) is 3.88. The Hall–Kier alpha value is -1.10. The average molecular weight is 359 g/mol. The molecule has 0 aliphatic carbocycles. The Morgan fingerprint density at radius 1 is 0.600 bits per heavy atom. The Kier molecular flexibility index (Phi) is 23.9. The van der Waals surface area contributed by atoms with Crippen LogP contribution < -0.4 is 11.5 Å². The van der Waals surface area contributed by atoms with E-state index in [0.29, 0.717) is 12.8 Å². The summed E-state index contributed by atoms with van der Waals surface area (Å²) in [5.74, 6) is -0.447. The molecule has 5 heteroatoms. The van der Waals surface area contributed by atoms with Crippen LogP contribution in [0, 0.1) is 0 Å². The maximum Gasteiger partial charge on any atom is 0.217 e. The Bertz CT molecular complexity index is 269. The molecule has 0 bridgehead atoms. The molecule has 0 rings (SSSR count). The topological polar surface area (TPSA) is 95.4 Å². The predicted molar refractivity (Wildman–Crippen MR) is 105 cm³/mol. The van der Waals surface area contributed by atoms with Crippen molar-refractivity contribution >= 4 is 11.8 Å². The number of primary amides is 2. The zero-order valence-electron chi connectivity index (χ0n) is 16.7. The molecule has 0 heterocycles. The van der Waals surface area contributed by atoms with Gasteiger partial charge in [-0.1, -0.05) is 65.2 Å². The van der Waals surface area contributed by atoms with Crippen molar-refractivity contribution < 1.29 is 14.3 Å². The molecule has 0 spiro atoms. The second-order valence-corrected chi connectivity index (χ2v) is 6.58. The number of hydrogen-bond acceptors (Lipinski definition) is 3. The smallest absolute Gasteiger partial charge is 0.217 e. The number of carbonyl (C=O) groups excluding carboxylic acids is 2. The van der Waals surface area contributed by atoms with Gasteiger partial charge in [0.2, 0.25) is 11.8 Å². The van der Waals surface area contributed by atoms with E-state index in [9.17, 15) is 9.59 Å². The molecule has 150 valence electrons. The van der Waals surface area contributed by atoms with Crippen LogP contribution in [0.4, 0.5) is 0 Å². The molecule has 0 radical (unpaired) electrons. The molecule has 0 saturated carbocycles. The highest BCUT2D eigenvalue weighted by Gasteiger charge is 1.96. The first-order valence-electron chi connectivity index (χ1n) is 10.2. The molecule has 2 amide bonds. The van der Waals surface area contributed by atoms with Crippen molar-refractivity contribution in [2.75, 3.05) is 13.2 Å². The number of hydrogen-bond donors (Lipinski definition) is 2. The van der Waals surface area contributed by atoms with Gasteiger partial charge in [-0.05, 0) is 25.7 Å². The van der Waals surface area contributed by atoms with Gasteiger partial charge in [0.05, 0.1) is 0 Å². The van der Waals surface area contributed by atoms with E-state index in [1.165, 1.54) is 38.5 Å². The van der Waals surface area contributed by atoms with Gasteiger partial charge in [0, 0.05) is 26.1 Å². The summed E-state index contributed by atoms with van der Waals surface area (Å²) in [6.45, 7) is 6.38. The van der Waals surface area contributed by atoms with E-state index in [4.69, 9.17) is 16.2 Å². The number of amides is 2. The molecule has 0 aromatic carbocycles. The van der Waals surface area contributed by atoms with E-state index >= 15 is 0 Å². The summed E-state index contributed by atoms with van der Waals surface area (Å²) >= 11 is 0. The third kappa shape index (κ3) is 31.2. The fourth-order valence-electron chi connectivity index (χ4n) is 2.32. The van der Waals surface area contributed by atoms with Crippen LogP contribution in [0.25, 0.3) is 0 Å². The minimum Gasteiger partial charge on any atom is -0.381 e. The van der Waals surface area contributed by atoms with Crippen LogP contribution in [0.3, 0.4) is 0 Å². The van der Waals surface area contributed by atoms with Crippen LogP contribution in [0.15, 0.2) is 0 Å². The molecular formula is C20H42N2O3. The molecule has 0 aliphatic heterocycles. The lowest BCUT2D eigenvalue weighted by Crippen LogP contribution is -2.09. The number of ether oxygens (including phenoxy) is 1. The van der Waals surface area contributed by atoms with E-state index in [-0.39, 0.29) is 11.8 Å². The standard InChI is InChI=1S/C10H20N2O2.C10H22O/c11-9(13)7-5-3-1-2-4-6-8-10(12)14;1-3-5-7-9-11-10-8-6-4-2/h1-8H2,(H2,11,13)(H2,12,14);3-10H2,1-2H3. The van der Waals surface area contributed by atoms with Gasteiger partial charge in [-0.2, -0.15) is 0 Å². The molecule has 0 aromatic heterocycles. The first-order chi connectivity index (χ1) is 12.0. The van der Waals surface area contributed by atoms with Gasteiger partial charge in [-0.25, -0.2) is 0 Å². The first kappa shape index (κ1) is 26.1. The Balaban J connectivity index is 0. The maximum atomic E-state index is 10.4. The maximum absolute atomic E-state index is 10.4. The second-order valence-electron chi connectivity index (χ2n) is 6.58. The lowest BCUT2D eigenvalue weighted by atomic mass is 10.1. The van der Waals surface area contributed by atoms with Crippen molar-refractivity contribution in [2.45, 2.75) is 104 Å². The minimum atomic E-state index is -0.223. The van der Waals surface area contributed by atoms with Crippen LogP contribution in [0.1, 0.15) is 104 Å². The minimum absolute atomic E-state index is 0.223. The van der Waals surface area contributed by atoms with Crippen molar-refractivity contribution in [3.8, 4) is 0 Å². The normalized spacial score (nSPS) is 10.2. The first-order valence-corrected chi connectivity index (χ1v) is 10.2. The highest BCUT2D eigenvalue weighted by atomic mass is 16.5. The van der Waals surface area contributed by atoms with Gasteiger partial charge in [-0.15, -0.1) is 0 Å². The molecule has 0 saturated heterocycles. The zero-order valence-corrected chi connectivity index (χ0v) is 16.7. The fourth-order valence-corrected chi connectivity index (χ4v) is 2.32. The Labute approximate surface area is 155 Å². The van der Waals surface area contributed by atoms with Crippen LogP contribution in [-0.2, 0) is 14.3 Å². The van der Waals surface area contributed by atoms with Crippen molar-refractivity contribution in [2.24, 2.45) is 11.5 Å². The van der Waals surface area contributed by atoms with Gasteiger partial charge in [0.15, 0.2) is 0 Å². The van der Waals surface area contributed by atoms with Crippen LogP contribution in [0.2, 0.25) is 0 Å². The molecule has 0 aromatic rings. The molecule has 0 aliphatic rings. The number of unbranched alkanes of at least 4 members (excludes halogenated alkanes) is 9. The average Bonchev–Trinajstić information content (AvgIpc) is 2.56. The fraction of sp³-hybridized carbons (Fsp3) is 0.900. The monoisotopic (exact) mass is 358 g/mol. The summed E-state index contributed by atoms with van der Waals surface area (Å²) in [5, 5.41) is 0. The van der Waals surface area contributed by atoms with Crippen molar-refractivity contribution in [1.82, 2.24) is 0 Å². The Morgan fingerprint density at radius 2 is 0.960 bits per heavy atom. The van der Waals surface area contributed by atoms with Gasteiger partial charge in [0.25, 0.3) is 0 Å². The van der Waals surface area contributed by atoms with Crippen molar-refractivity contribution in [1.29, 1.82) is 0 Å². The van der Waals surface area contributed by atoms with E-state index < -0.39 is 0 Å². The van der Waals surface area contributed by atoms with E-state index in [1.54, 1.807) is 0 Å². The third-order valence-corrected chi connectivity index (χ3v) is 3.88. The summed E-state index contributed by atoms with van der Waals surface area (Å²) in [5.41, 5.74) is 10.00. The van der Waals surface area contributed by atoms with Gasteiger partial charge >= 0.3 is 0 Å². The number of nitrogens with two attached hydrogens (primary N) is 2. The van der Waals surface area contributed by atoms with E-state index in [2.05, 4.69) is 13.8 Å². The molecule has 5 nitrogen and oxygen atoms in total. The van der Waals surface area contributed by atoms with E-state index in [0.717, 1.165) is 51.7 Å². The predicted octanol–water partition coefficient (Wildman–Crippen LogP) is 4.46. The number of carbonyl (C=O) groups is 2. The highest BCUT2D eigenvalue weighted by molar-refractivity contribution is 5.73. The largest absolute Gasteiger partial charge is 0.381 e. The van der Waals surface area contributed by atoms with Crippen LogP contribution in [0.5, 0.6) is 0 Å². The summed E-state index contributed by atoms with van der Waals surface area (Å²) in [4.78, 5) is 20.8. The summed E-state index contributed by atoms with van der Waals surface area (Å²) in [7, 11) is 0. The van der Waals surface area contributed by atoms with E-state index in [1.807, 2.05) is 0 Å².